The van der Waals surface area contributed by atoms with Gasteiger partial charge in [-0.15, -0.1) is 0 Å². The molecule has 0 spiro atoms. The van der Waals surface area contributed by atoms with Crippen LogP contribution in [0.25, 0.3) is 0 Å². The number of ether oxygens (including phenoxy) is 1. The van der Waals surface area contributed by atoms with Gasteiger partial charge in [-0.3, -0.25) is 11.3 Å². The first-order valence-electron chi connectivity index (χ1n) is 5.79. The normalized spacial score (nSPS) is 19.9. The Hall–Kier alpha value is -0.380. The molecule has 3 nitrogen and oxygen atoms in total. The highest BCUT2D eigenvalue weighted by molar-refractivity contribution is 5.13. The Bertz CT molecular complexity index is 224. The van der Waals surface area contributed by atoms with Crippen LogP contribution in [0.15, 0.2) is 11.6 Å². The van der Waals surface area contributed by atoms with E-state index in [0.29, 0.717) is 0 Å². The van der Waals surface area contributed by atoms with Gasteiger partial charge in [-0.05, 0) is 46.0 Å². The smallest absolute Gasteiger partial charge is 0.0641 e. The molecule has 0 aliphatic heterocycles. The number of nitrogens with one attached hydrogen (secondary N) is 1. The molecule has 3 heteroatoms. The van der Waals surface area contributed by atoms with E-state index in [1.807, 2.05) is 0 Å². The van der Waals surface area contributed by atoms with Gasteiger partial charge in [0.15, 0.2) is 0 Å². The Kier molecular flexibility index (Phi) is 4.77. The standard InChI is InChI=1S/C12H24N2O/c1-12(2,15-3)9-11(14-13)10-7-5-4-6-8-10/h7,11,14H,4-6,8-9,13H2,1-3H3. The van der Waals surface area contributed by atoms with E-state index in [4.69, 9.17) is 10.6 Å². The molecule has 0 aromatic carbocycles. The van der Waals surface area contributed by atoms with Crippen molar-refractivity contribution in [2.45, 2.75) is 57.6 Å². The van der Waals surface area contributed by atoms with E-state index in [-0.39, 0.29) is 11.6 Å². The minimum atomic E-state index is -0.116. The van der Waals surface area contributed by atoms with Crippen molar-refractivity contribution in [1.82, 2.24) is 5.43 Å². The van der Waals surface area contributed by atoms with E-state index in [1.165, 1.54) is 31.3 Å². The molecule has 1 unspecified atom stereocenters. The number of hydrogen-bond acceptors (Lipinski definition) is 3. The molecule has 0 radical (unpaired) electrons. The summed E-state index contributed by atoms with van der Waals surface area (Å²) in [6.07, 6.45) is 8.23. The fourth-order valence-electron chi connectivity index (χ4n) is 2.05. The second-order valence-electron chi connectivity index (χ2n) is 4.91. The van der Waals surface area contributed by atoms with Crippen LogP contribution in [-0.2, 0) is 4.74 Å². The van der Waals surface area contributed by atoms with Gasteiger partial charge in [0.2, 0.25) is 0 Å². The van der Waals surface area contributed by atoms with Crippen LogP contribution in [0.3, 0.4) is 0 Å². The maximum atomic E-state index is 5.62. The molecule has 0 amide bonds. The zero-order valence-electron chi connectivity index (χ0n) is 10.2. The van der Waals surface area contributed by atoms with E-state index in [9.17, 15) is 0 Å². The molecule has 88 valence electrons. The minimum Gasteiger partial charge on any atom is -0.379 e. The molecule has 0 bridgehead atoms. The molecule has 0 aromatic rings. The van der Waals surface area contributed by atoms with Crippen molar-refractivity contribution in [3.05, 3.63) is 11.6 Å². The topological polar surface area (TPSA) is 47.3 Å². The molecule has 0 heterocycles. The van der Waals surface area contributed by atoms with Crippen LogP contribution < -0.4 is 11.3 Å². The summed E-state index contributed by atoms with van der Waals surface area (Å²) in [7, 11) is 1.75. The quantitative estimate of drug-likeness (QED) is 0.417. The van der Waals surface area contributed by atoms with Crippen LogP contribution in [0.4, 0.5) is 0 Å². The van der Waals surface area contributed by atoms with E-state index in [2.05, 4.69) is 25.3 Å². The maximum absolute atomic E-state index is 5.62. The fourth-order valence-corrected chi connectivity index (χ4v) is 2.05. The lowest BCUT2D eigenvalue weighted by Gasteiger charge is -2.30. The van der Waals surface area contributed by atoms with Crippen molar-refractivity contribution < 1.29 is 4.74 Å². The first-order chi connectivity index (χ1) is 7.09. The lowest BCUT2D eigenvalue weighted by Crippen LogP contribution is -2.42. The van der Waals surface area contributed by atoms with Gasteiger partial charge in [-0.1, -0.05) is 11.6 Å². The van der Waals surface area contributed by atoms with Gasteiger partial charge in [0.05, 0.1) is 5.60 Å². The van der Waals surface area contributed by atoms with Crippen molar-refractivity contribution in [3.8, 4) is 0 Å². The Labute approximate surface area is 93.0 Å². The second kappa shape index (κ2) is 5.64. The molecule has 1 rings (SSSR count). The third-order valence-electron chi connectivity index (χ3n) is 3.22. The van der Waals surface area contributed by atoms with E-state index in [0.717, 1.165) is 6.42 Å². The molecule has 15 heavy (non-hydrogen) atoms. The molecule has 0 saturated heterocycles. The Morgan fingerprint density at radius 2 is 2.27 bits per heavy atom. The van der Waals surface area contributed by atoms with Crippen molar-refractivity contribution >= 4 is 0 Å². The maximum Gasteiger partial charge on any atom is 0.0641 e. The third kappa shape index (κ3) is 3.93. The summed E-state index contributed by atoms with van der Waals surface area (Å²) in [5.74, 6) is 5.62. The predicted octanol–water partition coefficient (Wildman–Crippen LogP) is 2.13. The minimum absolute atomic E-state index is 0.116. The first kappa shape index (κ1) is 12.7. The number of methoxy groups -OCH3 is 1. The Balaban J connectivity index is 2.58. The molecule has 0 fully saturated rings. The first-order valence-corrected chi connectivity index (χ1v) is 5.79. The lowest BCUT2D eigenvalue weighted by atomic mass is 9.88. The highest BCUT2D eigenvalue weighted by atomic mass is 16.5. The fraction of sp³-hybridized carbons (Fsp3) is 0.833. The summed E-state index contributed by atoms with van der Waals surface area (Å²) < 4.78 is 5.44. The van der Waals surface area contributed by atoms with Gasteiger partial charge in [-0.2, -0.15) is 0 Å². The van der Waals surface area contributed by atoms with Gasteiger partial charge in [0.25, 0.3) is 0 Å². The summed E-state index contributed by atoms with van der Waals surface area (Å²) in [6, 6.07) is 0.264. The summed E-state index contributed by atoms with van der Waals surface area (Å²) in [5.41, 5.74) is 4.25. The molecular formula is C12H24N2O. The van der Waals surface area contributed by atoms with Crippen LogP contribution in [0.1, 0.15) is 46.0 Å². The van der Waals surface area contributed by atoms with Crippen LogP contribution in [0.5, 0.6) is 0 Å². The van der Waals surface area contributed by atoms with Gasteiger partial charge in [-0.25, -0.2) is 0 Å². The van der Waals surface area contributed by atoms with Gasteiger partial charge < -0.3 is 4.74 Å². The highest BCUT2D eigenvalue weighted by Crippen LogP contribution is 2.25. The third-order valence-corrected chi connectivity index (χ3v) is 3.22. The molecule has 0 saturated carbocycles. The summed E-state index contributed by atoms with van der Waals surface area (Å²) in [4.78, 5) is 0. The number of nitrogens with two attached hydrogens (primary N) is 1. The summed E-state index contributed by atoms with van der Waals surface area (Å²) >= 11 is 0. The van der Waals surface area contributed by atoms with Crippen LogP contribution in [-0.4, -0.2) is 18.8 Å². The van der Waals surface area contributed by atoms with Crippen LogP contribution in [0, 0.1) is 0 Å². The average molecular weight is 212 g/mol. The Morgan fingerprint density at radius 3 is 2.73 bits per heavy atom. The monoisotopic (exact) mass is 212 g/mol. The largest absolute Gasteiger partial charge is 0.379 e. The summed E-state index contributed by atoms with van der Waals surface area (Å²) in [6.45, 7) is 4.20. The zero-order chi connectivity index (χ0) is 11.3. The van der Waals surface area contributed by atoms with Gasteiger partial charge in [0, 0.05) is 13.2 Å². The SMILES string of the molecule is COC(C)(C)CC(NN)C1=CCCCC1. The summed E-state index contributed by atoms with van der Waals surface area (Å²) in [5, 5.41) is 0. The predicted molar refractivity (Wildman–Crippen MR) is 63.4 cm³/mol. The molecule has 1 aliphatic rings. The van der Waals surface area contributed by atoms with Crippen molar-refractivity contribution in [2.75, 3.05) is 7.11 Å². The number of allylic oxidation sites excluding steroid dienone is 1. The lowest BCUT2D eigenvalue weighted by molar-refractivity contribution is 0.00956. The number of rotatable bonds is 5. The average Bonchev–Trinajstić information content (AvgIpc) is 2.27. The van der Waals surface area contributed by atoms with E-state index >= 15 is 0 Å². The molecule has 1 aliphatic carbocycles. The number of hydrogen-bond donors (Lipinski definition) is 2. The second-order valence-corrected chi connectivity index (χ2v) is 4.91. The van der Waals surface area contributed by atoms with Crippen molar-refractivity contribution in [1.29, 1.82) is 0 Å². The molecule has 3 N–H and O–H groups in total. The molecular weight excluding hydrogens is 188 g/mol. The zero-order valence-corrected chi connectivity index (χ0v) is 10.2. The van der Waals surface area contributed by atoms with Crippen LogP contribution in [0.2, 0.25) is 0 Å². The van der Waals surface area contributed by atoms with Gasteiger partial charge >= 0.3 is 0 Å². The molecule has 0 aromatic heterocycles. The molecule has 1 atom stereocenters. The van der Waals surface area contributed by atoms with E-state index < -0.39 is 0 Å². The number of hydrazine groups is 1. The van der Waals surface area contributed by atoms with Gasteiger partial charge in [0.1, 0.15) is 0 Å². The van der Waals surface area contributed by atoms with Crippen molar-refractivity contribution in [3.63, 3.8) is 0 Å². The Morgan fingerprint density at radius 1 is 1.53 bits per heavy atom. The van der Waals surface area contributed by atoms with E-state index in [1.54, 1.807) is 7.11 Å². The highest BCUT2D eigenvalue weighted by Gasteiger charge is 2.24. The van der Waals surface area contributed by atoms with Crippen molar-refractivity contribution in [2.24, 2.45) is 5.84 Å². The van der Waals surface area contributed by atoms with Crippen LogP contribution >= 0.6 is 0 Å².